The lowest BCUT2D eigenvalue weighted by Crippen LogP contribution is -2.08. The Hall–Kier alpha value is -1.65. The van der Waals surface area contributed by atoms with E-state index in [-0.39, 0.29) is 11.7 Å². The number of nitrogens with zero attached hydrogens (tertiary/aromatic N) is 2. The first-order chi connectivity index (χ1) is 7.99. The fraction of sp³-hybridized carbons (Fsp3) is 0.583. The number of carboxylic acid groups (broad SMARTS) is 1. The molecule has 1 aromatic rings. The smallest absolute Gasteiger partial charge is 0.307 e. The van der Waals surface area contributed by atoms with Crippen LogP contribution in [-0.2, 0) is 11.3 Å². The summed E-state index contributed by atoms with van der Waals surface area (Å²) in [6.45, 7) is 4.91. The summed E-state index contributed by atoms with van der Waals surface area (Å²) in [5.74, 6) is -1.34. The summed E-state index contributed by atoms with van der Waals surface area (Å²) in [5.41, 5.74) is 0.527. The summed E-state index contributed by atoms with van der Waals surface area (Å²) in [7, 11) is 0. The predicted octanol–water partition coefficient (Wildman–Crippen LogP) is 1.44. The molecular formula is C12H16N2O3. The zero-order valence-corrected chi connectivity index (χ0v) is 9.96. The molecule has 1 aliphatic carbocycles. The van der Waals surface area contributed by atoms with Gasteiger partial charge in [-0.1, -0.05) is 13.8 Å². The van der Waals surface area contributed by atoms with Crippen molar-refractivity contribution in [1.29, 1.82) is 0 Å². The number of ketones is 1. The maximum absolute atomic E-state index is 11.9. The number of aliphatic carboxylic acids is 1. The summed E-state index contributed by atoms with van der Waals surface area (Å²) in [5, 5.41) is 12.9. The molecule has 0 spiro atoms. The third kappa shape index (κ3) is 2.54. The van der Waals surface area contributed by atoms with E-state index in [1.807, 2.05) is 0 Å². The highest BCUT2D eigenvalue weighted by molar-refractivity contribution is 6.02. The standard InChI is InChI=1S/C12H16N2O3/c1-7(2)5-14-6-8(4-13-14)11(15)9-3-10(9)12(16)17/h4,6-7,9-10H,3,5H2,1-2H3,(H,16,17)/t9-,10+/m1/s1. The fourth-order valence-electron chi connectivity index (χ4n) is 1.94. The zero-order chi connectivity index (χ0) is 12.6. The van der Waals surface area contributed by atoms with Gasteiger partial charge < -0.3 is 5.11 Å². The van der Waals surface area contributed by atoms with Crippen LogP contribution in [0.15, 0.2) is 12.4 Å². The van der Waals surface area contributed by atoms with Gasteiger partial charge in [-0.05, 0) is 12.3 Å². The van der Waals surface area contributed by atoms with Crippen molar-refractivity contribution in [3.05, 3.63) is 18.0 Å². The van der Waals surface area contributed by atoms with Crippen molar-refractivity contribution < 1.29 is 14.7 Å². The number of hydrogen-bond donors (Lipinski definition) is 1. The van der Waals surface area contributed by atoms with E-state index >= 15 is 0 Å². The van der Waals surface area contributed by atoms with E-state index in [4.69, 9.17) is 5.11 Å². The lowest BCUT2D eigenvalue weighted by molar-refractivity contribution is -0.138. The van der Waals surface area contributed by atoms with Gasteiger partial charge in [0.25, 0.3) is 0 Å². The Kier molecular flexibility index (Phi) is 3.00. The molecule has 2 atom stereocenters. The van der Waals surface area contributed by atoms with Crippen molar-refractivity contribution in [2.75, 3.05) is 0 Å². The van der Waals surface area contributed by atoms with Crippen LogP contribution in [0.1, 0.15) is 30.6 Å². The van der Waals surface area contributed by atoms with E-state index in [2.05, 4.69) is 18.9 Å². The number of carbonyl (C=O) groups is 2. The average molecular weight is 236 g/mol. The Morgan fingerprint density at radius 3 is 2.76 bits per heavy atom. The van der Waals surface area contributed by atoms with Crippen molar-refractivity contribution in [3.63, 3.8) is 0 Å². The third-order valence-electron chi connectivity index (χ3n) is 2.91. The van der Waals surface area contributed by atoms with Crippen molar-refractivity contribution in [3.8, 4) is 0 Å². The first-order valence-electron chi connectivity index (χ1n) is 5.78. The van der Waals surface area contributed by atoms with Crippen LogP contribution in [0.5, 0.6) is 0 Å². The molecule has 0 aliphatic heterocycles. The van der Waals surface area contributed by atoms with E-state index in [1.54, 1.807) is 10.9 Å². The molecule has 2 rings (SSSR count). The molecular weight excluding hydrogens is 220 g/mol. The van der Waals surface area contributed by atoms with Crippen molar-refractivity contribution in [1.82, 2.24) is 9.78 Å². The van der Waals surface area contributed by atoms with Gasteiger partial charge in [-0.15, -0.1) is 0 Å². The Balaban J connectivity index is 2.01. The molecule has 1 N–H and O–H groups in total. The van der Waals surface area contributed by atoms with E-state index in [1.165, 1.54) is 6.20 Å². The SMILES string of the molecule is CC(C)Cn1cc(C(=O)[C@@H]2C[C@@H]2C(=O)O)cn1. The number of carbonyl (C=O) groups excluding carboxylic acids is 1. The second kappa shape index (κ2) is 4.31. The monoisotopic (exact) mass is 236 g/mol. The van der Waals surface area contributed by atoms with Crippen molar-refractivity contribution >= 4 is 11.8 Å². The zero-order valence-electron chi connectivity index (χ0n) is 9.96. The summed E-state index contributed by atoms with van der Waals surface area (Å²) >= 11 is 0. The average Bonchev–Trinajstić information content (AvgIpc) is 2.91. The van der Waals surface area contributed by atoms with E-state index < -0.39 is 11.9 Å². The molecule has 0 radical (unpaired) electrons. The number of Topliss-reactive ketones (excluding diaryl/α,β-unsaturated/α-hetero) is 1. The van der Waals surface area contributed by atoms with Gasteiger partial charge in [0.05, 0.1) is 17.7 Å². The third-order valence-corrected chi connectivity index (χ3v) is 2.91. The molecule has 17 heavy (non-hydrogen) atoms. The maximum atomic E-state index is 11.9. The maximum Gasteiger partial charge on any atom is 0.307 e. The van der Waals surface area contributed by atoms with Gasteiger partial charge >= 0.3 is 5.97 Å². The summed E-state index contributed by atoms with van der Waals surface area (Å²) < 4.78 is 1.73. The minimum atomic E-state index is -0.877. The van der Waals surface area contributed by atoms with Crippen molar-refractivity contribution in [2.45, 2.75) is 26.8 Å². The van der Waals surface area contributed by atoms with E-state index in [9.17, 15) is 9.59 Å². The highest BCUT2D eigenvalue weighted by Crippen LogP contribution is 2.41. The Labute approximate surface area is 99.4 Å². The largest absolute Gasteiger partial charge is 0.481 e. The van der Waals surface area contributed by atoms with Gasteiger partial charge in [0.15, 0.2) is 5.78 Å². The molecule has 1 aromatic heterocycles. The summed E-state index contributed by atoms with van der Waals surface area (Å²) in [6, 6.07) is 0. The van der Waals surface area contributed by atoms with Crippen LogP contribution in [0.2, 0.25) is 0 Å². The number of carboxylic acids is 1. The van der Waals surface area contributed by atoms with Gasteiger partial charge in [-0.2, -0.15) is 5.10 Å². The molecule has 1 heterocycles. The molecule has 0 aromatic carbocycles. The van der Waals surface area contributed by atoms with Crippen LogP contribution in [0.3, 0.4) is 0 Å². The van der Waals surface area contributed by atoms with Gasteiger partial charge in [-0.25, -0.2) is 0 Å². The molecule has 92 valence electrons. The summed E-state index contributed by atoms with van der Waals surface area (Å²) in [4.78, 5) is 22.6. The van der Waals surface area contributed by atoms with Gasteiger partial charge in [0.2, 0.25) is 0 Å². The van der Waals surface area contributed by atoms with Gasteiger partial charge in [0, 0.05) is 18.7 Å². The normalized spacial score (nSPS) is 22.8. The van der Waals surface area contributed by atoms with Crippen LogP contribution in [-0.4, -0.2) is 26.6 Å². The Morgan fingerprint density at radius 1 is 1.53 bits per heavy atom. The minimum absolute atomic E-state index is 0.0904. The first kappa shape index (κ1) is 11.8. The highest BCUT2D eigenvalue weighted by Gasteiger charge is 2.48. The van der Waals surface area contributed by atoms with Gasteiger partial charge in [-0.3, -0.25) is 14.3 Å². The van der Waals surface area contributed by atoms with E-state index in [0.717, 1.165) is 6.54 Å². The predicted molar refractivity (Wildman–Crippen MR) is 60.6 cm³/mol. The molecule has 0 saturated heterocycles. The first-order valence-corrected chi connectivity index (χ1v) is 5.78. The second-order valence-corrected chi connectivity index (χ2v) is 5.00. The lowest BCUT2D eigenvalue weighted by atomic mass is 10.1. The molecule has 5 heteroatoms. The fourth-order valence-corrected chi connectivity index (χ4v) is 1.94. The lowest BCUT2D eigenvalue weighted by Gasteiger charge is -2.03. The molecule has 0 bridgehead atoms. The number of aromatic nitrogens is 2. The molecule has 1 aliphatic rings. The van der Waals surface area contributed by atoms with Crippen molar-refractivity contribution in [2.24, 2.45) is 17.8 Å². The molecule has 0 amide bonds. The molecule has 1 saturated carbocycles. The van der Waals surface area contributed by atoms with Crippen LogP contribution in [0.25, 0.3) is 0 Å². The van der Waals surface area contributed by atoms with Gasteiger partial charge in [0.1, 0.15) is 0 Å². The number of rotatable bonds is 5. The topological polar surface area (TPSA) is 72.2 Å². The van der Waals surface area contributed by atoms with E-state index in [0.29, 0.717) is 17.9 Å². The van der Waals surface area contributed by atoms with Crippen LogP contribution in [0.4, 0.5) is 0 Å². The van der Waals surface area contributed by atoms with Crippen LogP contribution in [0, 0.1) is 17.8 Å². The molecule has 1 fully saturated rings. The molecule has 5 nitrogen and oxygen atoms in total. The summed E-state index contributed by atoms with van der Waals surface area (Å²) in [6.07, 6.45) is 3.70. The van der Waals surface area contributed by atoms with Crippen LogP contribution < -0.4 is 0 Å². The number of hydrogen-bond acceptors (Lipinski definition) is 3. The molecule has 0 unspecified atom stereocenters. The minimum Gasteiger partial charge on any atom is -0.481 e. The van der Waals surface area contributed by atoms with Crippen LogP contribution >= 0.6 is 0 Å². The highest BCUT2D eigenvalue weighted by atomic mass is 16.4. The quantitative estimate of drug-likeness (QED) is 0.785. The Morgan fingerprint density at radius 2 is 2.24 bits per heavy atom. The Bertz CT molecular complexity index is 450. The second-order valence-electron chi connectivity index (χ2n) is 5.00.